The maximum Gasteiger partial charge on any atom is 0.248 e. The molecule has 0 unspecified atom stereocenters. The third-order valence-corrected chi connectivity index (χ3v) is 4.28. The van der Waals surface area contributed by atoms with Crippen LogP contribution in [0.3, 0.4) is 0 Å². The average molecular weight is 398 g/mol. The number of anilines is 1. The van der Waals surface area contributed by atoms with Crippen LogP contribution in [0.1, 0.15) is 12.0 Å². The second-order valence-electron chi connectivity index (χ2n) is 6.00. The number of ether oxygens (including phenoxy) is 2. The monoisotopic (exact) mass is 397 g/mol. The maximum atomic E-state index is 12.2. The van der Waals surface area contributed by atoms with Crippen molar-refractivity contribution in [2.24, 2.45) is 0 Å². The molecule has 1 amide bonds. The second kappa shape index (κ2) is 8.10. The van der Waals surface area contributed by atoms with Gasteiger partial charge in [-0.25, -0.2) is 4.68 Å². The molecule has 28 heavy (non-hydrogen) atoms. The Bertz CT molecular complexity index is 1000. The summed E-state index contributed by atoms with van der Waals surface area (Å²) in [5.74, 6) is 0.866. The molecule has 1 aliphatic rings. The van der Waals surface area contributed by atoms with Gasteiger partial charge in [0, 0.05) is 18.2 Å². The van der Waals surface area contributed by atoms with Crippen molar-refractivity contribution in [1.29, 1.82) is 0 Å². The normalized spacial score (nSPS) is 13.3. The Kier molecular flexibility index (Phi) is 5.20. The van der Waals surface area contributed by atoms with Crippen LogP contribution in [0.15, 0.2) is 48.8 Å². The smallest absolute Gasteiger partial charge is 0.248 e. The Hall–Kier alpha value is -3.39. The van der Waals surface area contributed by atoms with E-state index in [9.17, 15) is 4.79 Å². The highest BCUT2D eigenvalue weighted by Crippen LogP contribution is 2.38. The van der Waals surface area contributed by atoms with E-state index in [1.807, 2.05) is 0 Å². The van der Waals surface area contributed by atoms with Gasteiger partial charge in [0.1, 0.15) is 6.33 Å². The molecular weight excluding hydrogens is 382 g/mol. The van der Waals surface area contributed by atoms with Gasteiger partial charge in [-0.3, -0.25) is 4.79 Å². The summed E-state index contributed by atoms with van der Waals surface area (Å²) in [7, 11) is 0. The van der Waals surface area contributed by atoms with Crippen LogP contribution < -0.4 is 14.8 Å². The van der Waals surface area contributed by atoms with Gasteiger partial charge in [-0.1, -0.05) is 11.6 Å². The number of fused-ring (bicyclic) bond motifs is 1. The fourth-order valence-corrected chi connectivity index (χ4v) is 2.95. The highest BCUT2D eigenvalue weighted by Gasteiger charge is 2.15. The van der Waals surface area contributed by atoms with E-state index in [2.05, 4.69) is 20.8 Å². The minimum atomic E-state index is -0.265. The molecule has 3 aromatic rings. The fourth-order valence-electron chi connectivity index (χ4n) is 2.68. The topological polar surface area (TPSA) is 91.2 Å². The molecule has 0 aliphatic carbocycles. The first-order valence-electron chi connectivity index (χ1n) is 8.61. The summed E-state index contributed by atoms with van der Waals surface area (Å²) in [5.41, 5.74) is 2.20. The van der Waals surface area contributed by atoms with Crippen molar-refractivity contribution in [1.82, 2.24) is 20.2 Å². The largest absolute Gasteiger partial charge is 0.489 e. The SMILES string of the molecule is O=C(/C=C/c1cc(Cl)c2c(c1)OCCCO2)Nc1ccc(-n2cnnn2)cc1. The van der Waals surface area contributed by atoms with Crippen molar-refractivity contribution in [3.63, 3.8) is 0 Å². The van der Waals surface area contributed by atoms with Gasteiger partial charge in [0.25, 0.3) is 0 Å². The number of hydrogen-bond donors (Lipinski definition) is 1. The van der Waals surface area contributed by atoms with Gasteiger partial charge in [-0.15, -0.1) is 5.10 Å². The molecule has 1 aliphatic heterocycles. The van der Waals surface area contributed by atoms with E-state index in [1.54, 1.807) is 42.5 Å². The molecule has 1 aromatic heterocycles. The number of carbonyl (C=O) groups is 1. The van der Waals surface area contributed by atoms with Gasteiger partial charge in [-0.2, -0.15) is 0 Å². The maximum absolute atomic E-state index is 12.2. The minimum Gasteiger partial charge on any atom is -0.489 e. The van der Waals surface area contributed by atoms with Crippen LogP contribution in [0.4, 0.5) is 5.69 Å². The summed E-state index contributed by atoms with van der Waals surface area (Å²) in [6.45, 7) is 1.13. The van der Waals surface area contributed by atoms with Crippen LogP contribution in [-0.4, -0.2) is 39.3 Å². The van der Waals surface area contributed by atoms with E-state index < -0.39 is 0 Å². The molecule has 9 heteroatoms. The Morgan fingerprint density at radius 3 is 2.79 bits per heavy atom. The number of amides is 1. The van der Waals surface area contributed by atoms with Crippen molar-refractivity contribution >= 4 is 29.3 Å². The molecule has 0 bridgehead atoms. The van der Waals surface area contributed by atoms with E-state index in [0.29, 0.717) is 35.4 Å². The average Bonchev–Trinajstić information content (AvgIpc) is 3.12. The molecule has 0 saturated carbocycles. The van der Waals surface area contributed by atoms with Gasteiger partial charge in [0.05, 0.1) is 23.9 Å². The number of hydrogen-bond acceptors (Lipinski definition) is 6. The molecule has 4 rings (SSSR count). The number of carbonyl (C=O) groups excluding carboxylic acids is 1. The summed E-state index contributed by atoms with van der Waals surface area (Å²) in [6, 6.07) is 10.7. The molecule has 0 fully saturated rings. The van der Waals surface area contributed by atoms with Crippen molar-refractivity contribution in [3.05, 3.63) is 59.4 Å². The predicted octanol–water partition coefficient (Wildman–Crippen LogP) is 3.13. The van der Waals surface area contributed by atoms with Crippen molar-refractivity contribution in [2.45, 2.75) is 6.42 Å². The zero-order valence-electron chi connectivity index (χ0n) is 14.7. The van der Waals surface area contributed by atoms with Gasteiger partial charge in [0.15, 0.2) is 11.5 Å². The van der Waals surface area contributed by atoms with E-state index in [-0.39, 0.29) is 5.91 Å². The first-order valence-corrected chi connectivity index (χ1v) is 8.98. The van der Waals surface area contributed by atoms with Crippen molar-refractivity contribution < 1.29 is 14.3 Å². The molecule has 0 radical (unpaired) electrons. The summed E-state index contributed by atoms with van der Waals surface area (Å²) >= 11 is 6.27. The number of nitrogens with zero attached hydrogens (tertiary/aromatic N) is 4. The third kappa shape index (κ3) is 4.12. The highest BCUT2D eigenvalue weighted by atomic mass is 35.5. The molecule has 0 saturated heterocycles. The lowest BCUT2D eigenvalue weighted by Crippen LogP contribution is -2.07. The van der Waals surface area contributed by atoms with Gasteiger partial charge < -0.3 is 14.8 Å². The Morgan fingerprint density at radius 2 is 2.00 bits per heavy atom. The zero-order valence-corrected chi connectivity index (χ0v) is 15.5. The van der Waals surface area contributed by atoms with E-state index >= 15 is 0 Å². The minimum absolute atomic E-state index is 0.265. The molecule has 1 N–H and O–H groups in total. The first kappa shape index (κ1) is 18.0. The quantitative estimate of drug-likeness (QED) is 0.680. The van der Waals surface area contributed by atoms with E-state index in [1.165, 1.54) is 17.1 Å². The molecule has 142 valence electrons. The number of halogens is 1. The summed E-state index contributed by atoms with van der Waals surface area (Å²) < 4.78 is 12.8. The summed E-state index contributed by atoms with van der Waals surface area (Å²) in [5, 5.41) is 14.2. The van der Waals surface area contributed by atoms with Crippen LogP contribution in [0, 0.1) is 0 Å². The number of rotatable bonds is 4. The fraction of sp³-hybridized carbons (Fsp3) is 0.158. The second-order valence-corrected chi connectivity index (χ2v) is 6.41. The molecule has 2 heterocycles. The molecular formula is C19H16ClN5O3. The third-order valence-electron chi connectivity index (χ3n) is 4.00. The van der Waals surface area contributed by atoms with Crippen molar-refractivity contribution in [3.8, 4) is 17.2 Å². The van der Waals surface area contributed by atoms with Crippen LogP contribution in [0.2, 0.25) is 5.02 Å². The summed E-state index contributed by atoms with van der Waals surface area (Å²) in [4.78, 5) is 12.2. The first-order chi connectivity index (χ1) is 13.7. The van der Waals surface area contributed by atoms with Gasteiger partial charge >= 0.3 is 0 Å². The lowest BCUT2D eigenvalue weighted by Gasteiger charge is -2.10. The molecule has 0 spiro atoms. The number of aromatic nitrogens is 4. The predicted molar refractivity (Wildman–Crippen MR) is 104 cm³/mol. The van der Waals surface area contributed by atoms with Crippen LogP contribution in [0.25, 0.3) is 11.8 Å². The van der Waals surface area contributed by atoms with E-state index in [0.717, 1.165) is 17.7 Å². The van der Waals surface area contributed by atoms with E-state index in [4.69, 9.17) is 21.1 Å². The zero-order chi connectivity index (χ0) is 19.3. The Labute approximate surface area is 165 Å². The summed E-state index contributed by atoms with van der Waals surface area (Å²) in [6.07, 6.45) is 5.40. The highest BCUT2D eigenvalue weighted by molar-refractivity contribution is 6.32. The van der Waals surface area contributed by atoms with Crippen LogP contribution in [0.5, 0.6) is 11.5 Å². The van der Waals surface area contributed by atoms with Crippen molar-refractivity contribution in [2.75, 3.05) is 18.5 Å². The van der Waals surface area contributed by atoms with Crippen LogP contribution >= 0.6 is 11.6 Å². The molecule has 0 atom stereocenters. The molecule has 8 nitrogen and oxygen atoms in total. The number of nitrogens with one attached hydrogen (secondary N) is 1. The lowest BCUT2D eigenvalue weighted by atomic mass is 10.2. The molecule has 2 aromatic carbocycles. The number of benzene rings is 2. The van der Waals surface area contributed by atoms with Crippen LogP contribution in [-0.2, 0) is 4.79 Å². The Morgan fingerprint density at radius 1 is 1.18 bits per heavy atom. The van der Waals surface area contributed by atoms with Gasteiger partial charge in [-0.05, 0) is 58.5 Å². The standard InChI is InChI=1S/C19H16ClN5O3/c20-16-10-13(11-17-19(16)28-9-1-8-27-17)2-7-18(26)22-14-3-5-15(6-4-14)25-12-21-23-24-25/h2-7,10-12H,1,8-9H2,(H,22,26)/b7-2+. The number of tetrazole rings is 1. The Balaban J connectivity index is 1.43. The lowest BCUT2D eigenvalue weighted by molar-refractivity contribution is -0.111. The van der Waals surface area contributed by atoms with Gasteiger partial charge in [0.2, 0.25) is 5.91 Å².